The van der Waals surface area contributed by atoms with Gasteiger partial charge >= 0.3 is 11.9 Å². The van der Waals surface area contributed by atoms with Crippen LogP contribution >= 0.6 is 22.9 Å². The van der Waals surface area contributed by atoms with Crippen molar-refractivity contribution < 1.29 is 14.7 Å². The standard InChI is InChI=1S/C10H12ClNO3S/c1-10(2,5-12-8(13)9(14)15)6-3-4-7(11)16-6/h3-4H,5H2,1-2H3,(H,12,13)(H,14,15). The van der Waals surface area contributed by atoms with Crippen LogP contribution < -0.4 is 5.32 Å². The molecule has 0 atom stereocenters. The number of thiophene rings is 1. The highest BCUT2D eigenvalue weighted by Crippen LogP contribution is 2.31. The zero-order valence-corrected chi connectivity index (χ0v) is 10.5. The number of hydrogen-bond acceptors (Lipinski definition) is 3. The lowest BCUT2D eigenvalue weighted by molar-refractivity contribution is -0.150. The van der Waals surface area contributed by atoms with Gasteiger partial charge in [0.05, 0.1) is 4.34 Å². The second-order valence-electron chi connectivity index (χ2n) is 3.98. The number of carbonyl (C=O) groups is 2. The maximum atomic E-state index is 10.9. The lowest BCUT2D eigenvalue weighted by Gasteiger charge is -2.22. The Morgan fingerprint density at radius 3 is 2.56 bits per heavy atom. The Balaban J connectivity index is 2.65. The fourth-order valence-electron chi connectivity index (χ4n) is 1.14. The molecular formula is C10H12ClNO3S. The highest BCUT2D eigenvalue weighted by atomic mass is 35.5. The summed E-state index contributed by atoms with van der Waals surface area (Å²) in [4.78, 5) is 22.2. The third-order valence-electron chi connectivity index (χ3n) is 2.13. The molecule has 0 bridgehead atoms. The molecule has 6 heteroatoms. The highest BCUT2D eigenvalue weighted by molar-refractivity contribution is 7.16. The lowest BCUT2D eigenvalue weighted by Crippen LogP contribution is -2.39. The molecule has 0 saturated carbocycles. The van der Waals surface area contributed by atoms with Gasteiger partial charge in [0, 0.05) is 16.8 Å². The molecule has 0 unspecified atom stereocenters. The molecule has 1 amide bonds. The Hall–Kier alpha value is -1.07. The van der Waals surface area contributed by atoms with Crippen LogP contribution in [0.3, 0.4) is 0 Å². The topological polar surface area (TPSA) is 66.4 Å². The first kappa shape index (κ1) is 13.0. The number of carboxylic acid groups (broad SMARTS) is 1. The molecular weight excluding hydrogens is 250 g/mol. The molecule has 0 aliphatic heterocycles. The molecule has 0 radical (unpaired) electrons. The Labute approximate surface area is 102 Å². The molecule has 16 heavy (non-hydrogen) atoms. The maximum Gasteiger partial charge on any atom is 0.394 e. The van der Waals surface area contributed by atoms with Gasteiger partial charge in [0.15, 0.2) is 0 Å². The summed E-state index contributed by atoms with van der Waals surface area (Å²) in [6.45, 7) is 4.09. The molecule has 1 heterocycles. The Morgan fingerprint density at radius 2 is 2.12 bits per heavy atom. The minimum Gasteiger partial charge on any atom is -0.474 e. The van der Waals surface area contributed by atoms with E-state index in [-0.39, 0.29) is 12.0 Å². The molecule has 1 rings (SSSR count). The van der Waals surface area contributed by atoms with E-state index in [1.807, 2.05) is 19.9 Å². The number of nitrogens with one attached hydrogen (secondary N) is 1. The van der Waals surface area contributed by atoms with Crippen LogP contribution in [0.5, 0.6) is 0 Å². The first-order valence-corrected chi connectivity index (χ1v) is 5.79. The van der Waals surface area contributed by atoms with E-state index >= 15 is 0 Å². The van der Waals surface area contributed by atoms with E-state index in [0.29, 0.717) is 4.34 Å². The van der Waals surface area contributed by atoms with Gasteiger partial charge < -0.3 is 10.4 Å². The van der Waals surface area contributed by atoms with Gasteiger partial charge in [0.25, 0.3) is 0 Å². The molecule has 0 saturated heterocycles. The molecule has 1 aromatic heterocycles. The molecule has 0 aliphatic rings. The second kappa shape index (κ2) is 4.84. The van der Waals surface area contributed by atoms with Gasteiger partial charge in [0.2, 0.25) is 0 Å². The van der Waals surface area contributed by atoms with E-state index in [0.717, 1.165) is 4.88 Å². The van der Waals surface area contributed by atoms with Crippen molar-refractivity contribution in [3.63, 3.8) is 0 Å². The molecule has 88 valence electrons. The molecule has 0 fully saturated rings. The van der Waals surface area contributed by atoms with Crippen LogP contribution in [0.2, 0.25) is 4.34 Å². The van der Waals surface area contributed by atoms with E-state index in [4.69, 9.17) is 16.7 Å². The second-order valence-corrected chi connectivity index (χ2v) is 5.69. The number of aliphatic carboxylic acids is 1. The van der Waals surface area contributed by atoms with Crippen molar-refractivity contribution in [2.75, 3.05) is 6.54 Å². The first-order valence-electron chi connectivity index (χ1n) is 4.60. The summed E-state index contributed by atoms with van der Waals surface area (Å²) >= 11 is 7.24. The monoisotopic (exact) mass is 261 g/mol. The third kappa shape index (κ3) is 3.21. The van der Waals surface area contributed by atoms with E-state index < -0.39 is 11.9 Å². The van der Waals surface area contributed by atoms with Gasteiger partial charge in [-0.05, 0) is 12.1 Å². The van der Waals surface area contributed by atoms with Crippen LogP contribution in [-0.4, -0.2) is 23.5 Å². The fraction of sp³-hybridized carbons (Fsp3) is 0.400. The predicted molar refractivity (Wildman–Crippen MR) is 63.0 cm³/mol. The van der Waals surface area contributed by atoms with Crippen LogP contribution in [0.15, 0.2) is 12.1 Å². The quantitative estimate of drug-likeness (QED) is 0.817. The molecule has 0 spiro atoms. The summed E-state index contributed by atoms with van der Waals surface area (Å²) in [5.74, 6) is -2.46. The van der Waals surface area contributed by atoms with Crippen molar-refractivity contribution in [2.24, 2.45) is 0 Å². The van der Waals surface area contributed by atoms with Gasteiger partial charge in [-0.25, -0.2) is 4.79 Å². The van der Waals surface area contributed by atoms with Crippen molar-refractivity contribution in [3.8, 4) is 0 Å². The number of carbonyl (C=O) groups excluding carboxylic acids is 1. The molecule has 4 nitrogen and oxygen atoms in total. The van der Waals surface area contributed by atoms with Crippen molar-refractivity contribution >= 4 is 34.8 Å². The Kier molecular flexibility index (Phi) is 3.93. The average molecular weight is 262 g/mol. The van der Waals surface area contributed by atoms with Crippen LogP contribution in [0.4, 0.5) is 0 Å². The highest BCUT2D eigenvalue weighted by Gasteiger charge is 2.24. The van der Waals surface area contributed by atoms with Gasteiger partial charge in [0.1, 0.15) is 0 Å². The van der Waals surface area contributed by atoms with Gasteiger partial charge in [-0.2, -0.15) is 0 Å². The van der Waals surface area contributed by atoms with E-state index in [2.05, 4.69) is 5.32 Å². The van der Waals surface area contributed by atoms with Crippen LogP contribution in [0, 0.1) is 0 Å². The smallest absolute Gasteiger partial charge is 0.394 e. The summed E-state index contributed by atoms with van der Waals surface area (Å²) in [6.07, 6.45) is 0. The molecule has 2 N–H and O–H groups in total. The largest absolute Gasteiger partial charge is 0.474 e. The Morgan fingerprint density at radius 1 is 1.50 bits per heavy atom. The van der Waals surface area contributed by atoms with Crippen molar-refractivity contribution in [3.05, 3.63) is 21.3 Å². The summed E-state index contributed by atoms with van der Waals surface area (Å²) in [5, 5.41) is 10.8. The number of amides is 1. The van der Waals surface area contributed by atoms with E-state index in [9.17, 15) is 9.59 Å². The number of carboxylic acids is 1. The average Bonchev–Trinajstić information content (AvgIpc) is 2.61. The van der Waals surface area contributed by atoms with Crippen LogP contribution in [0.1, 0.15) is 18.7 Å². The minimum atomic E-state index is -1.47. The molecule has 1 aromatic rings. The zero-order valence-electron chi connectivity index (χ0n) is 8.91. The number of halogens is 1. The van der Waals surface area contributed by atoms with Crippen molar-refractivity contribution in [1.82, 2.24) is 5.32 Å². The summed E-state index contributed by atoms with van der Waals surface area (Å²) in [7, 11) is 0. The summed E-state index contributed by atoms with van der Waals surface area (Å²) in [6, 6.07) is 3.66. The third-order valence-corrected chi connectivity index (χ3v) is 3.72. The van der Waals surface area contributed by atoms with Crippen LogP contribution in [0.25, 0.3) is 0 Å². The van der Waals surface area contributed by atoms with Gasteiger partial charge in [-0.3, -0.25) is 4.79 Å². The van der Waals surface area contributed by atoms with Gasteiger partial charge in [-0.15, -0.1) is 11.3 Å². The predicted octanol–water partition coefficient (Wildman–Crippen LogP) is 1.88. The fourth-order valence-corrected chi connectivity index (χ4v) is 2.29. The van der Waals surface area contributed by atoms with Crippen molar-refractivity contribution in [2.45, 2.75) is 19.3 Å². The van der Waals surface area contributed by atoms with E-state index in [1.165, 1.54) is 11.3 Å². The zero-order chi connectivity index (χ0) is 12.3. The Bertz CT molecular complexity index is 414. The molecule has 0 aliphatic carbocycles. The SMILES string of the molecule is CC(C)(CNC(=O)C(=O)O)c1ccc(Cl)s1. The van der Waals surface area contributed by atoms with Gasteiger partial charge in [-0.1, -0.05) is 25.4 Å². The van der Waals surface area contributed by atoms with Crippen molar-refractivity contribution in [1.29, 1.82) is 0 Å². The maximum absolute atomic E-state index is 10.9. The normalized spacial score (nSPS) is 11.2. The first-order chi connectivity index (χ1) is 7.33. The van der Waals surface area contributed by atoms with Crippen LogP contribution in [-0.2, 0) is 15.0 Å². The minimum absolute atomic E-state index is 0.259. The molecule has 0 aromatic carbocycles. The van der Waals surface area contributed by atoms with E-state index in [1.54, 1.807) is 6.07 Å². The number of hydrogen-bond donors (Lipinski definition) is 2. The lowest BCUT2D eigenvalue weighted by atomic mass is 9.91. The summed E-state index contributed by atoms with van der Waals surface area (Å²) in [5.41, 5.74) is -0.330. The summed E-state index contributed by atoms with van der Waals surface area (Å²) < 4.78 is 0.674. The number of rotatable bonds is 3.